The van der Waals surface area contributed by atoms with Gasteiger partial charge < -0.3 is 5.32 Å². The first-order valence-electron chi connectivity index (χ1n) is 8.62. The van der Waals surface area contributed by atoms with E-state index in [2.05, 4.69) is 10.0 Å². The first-order chi connectivity index (χ1) is 13.5. The fourth-order valence-corrected chi connectivity index (χ4v) is 3.89. The molecule has 0 heterocycles. The molecule has 144 valence electrons. The zero-order valence-corrected chi connectivity index (χ0v) is 15.7. The van der Waals surface area contributed by atoms with Gasteiger partial charge in [-0.2, -0.15) is 4.72 Å². The van der Waals surface area contributed by atoms with E-state index in [9.17, 15) is 17.6 Å². The van der Waals surface area contributed by atoms with Crippen LogP contribution in [-0.4, -0.2) is 20.4 Å². The van der Waals surface area contributed by atoms with Gasteiger partial charge in [0.2, 0.25) is 15.9 Å². The highest BCUT2D eigenvalue weighted by atomic mass is 32.2. The summed E-state index contributed by atoms with van der Waals surface area (Å²) in [5, 5.41) is 2.46. The second-order valence-corrected chi connectivity index (χ2v) is 7.86. The number of anilines is 1. The van der Waals surface area contributed by atoms with Gasteiger partial charge in [0.1, 0.15) is 11.9 Å². The number of hydrogen-bond donors (Lipinski definition) is 2. The average Bonchev–Trinajstić information content (AvgIpc) is 2.70. The molecule has 5 nitrogen and oxygen atoms in total. The van der Waals surface area contributed by atoms with Gasteiger partial charge in [0.15, 0.2) is 0 Å². The molecule has 1 atom stereocenters. The monoisotopic (exact) mass is 398 g/mol. The van der Waals surface area contributed by atoms with E-state index >= 15 is 0 Å². The molecule has 0 saturated carbocycles. The highest BCUT2D eigenvalue weighted by molar-refractivity contribution is 7.89. The lowest BCUT2D eigenvalue weighted by atomic mass is 10.1. The van der Waals surface area contributed by atoms with E-state index < -0.39 is 27.8 Å². The highest BCUT2D eigenvalue weighted by Crippen LogP contribution is 2.15. The standard InChI is InChI=1S/C21H19FN2O3S/c22-18-13-7-8-14-19(18)23-21(25)20(15-16-9-3-1-4-10-16)24-28(26,27)17-11-5-2-6-12-17/h1-14,20,24H,15H2,(H,23,25)/t20-/m1/s1. The third-order valence-electron chi connectivity index (χ3n) is 4.08. The van der Waals surface area contributed by atoms with E-state index in [0.717, 1.165) is 5.56 Å². The Labute approximate surface area is 163 Å². The van der Waals surface area contributed by atoms with Crippen molar-refractivity contribution in [1.82, 2.24) is 4.72 Å². The molecule has 3 aromatic rings. The van der Waals surface area contributed by atoms with Crippen LogP contribution in [0.3, 0.4) is 0 Å². The van der Waals surface area contributed by atoms with Crippen molar-refractivity contribution < 1.29 is 17.6 Å². The molecule has 0 aliphatic carbocycles. The van der Waals surface area contributed by atoms with E-state index in [-0.39, 0.29) is 17.0 Å². The van der Waals surface area contributed by atoms with Gasteiger partial charge in [0, 0.05) is 0 Å². The lowest BCUT2D eigenvalue weighted by Crippen LogP contribution is -2.45. The molecule has 3 rings (SSSR count). The SMILES string of the molecule is O=C(Nc1ccccc1F)[C@@H](Cc1ccccc1)NS(=O)(=O)c1ccccc1. The van der Waals surface area contributed by atoms with Crippen LogP contribution in [0.2, 0.25) is 0 Å². The number of halogens is 1. The number of para-hydroxylation sites is 1. The Hall–Kier alpha value is -3.03. The Morgan fingerprint density at radius 1 is 0.857 bits per heavy atom. The summed E-state index contributed by atoms with van der Waals surface area (Å²) < 4.78 is 41.7. The number of rotatable bonds is 7. The molecule has 0 bridgehead atoms. The second-order valence-electron chi connectivity index (χ2n) is 6.15. The summed E-state index contributed by atoms with van der Waals surface area (Å²) in [7, 11) is -3.93. The van der Waals surface area contributed by atoms with E-state index in [4.69, 9.17) is 0 Å². The Bertz CT molecular complexity index is 1040. The molecule has 1 amide bonds. The Morgan fingerprint density at radius 2 is 1.43 bits per heavy atom. The van der Waals surface area contributed by atoms with Crippen LogP contribution in [0.4, 0.5) is 10.1 Å². The first-order valence-corrected chi connectivity index (χ1v) is 10.1. The van der Waals surface area contributed by atoms with E-state index in [1.165, 1.54) is 30.3 Å². The van der Waals surface area contributed by atoms with Crippen LogP contribution in [0.25, 0.3) is 0 Å². The van der Waals surface area contributed by atoms with Crippen LogP contribution in [0.5, 0.6) is 0 Å². The lowest BCUT2D eigenvalue weighted by Gasteiger charge is -2.19. The molecule has 0 aromatic heterocycles. The summed E-state index contributed by atoms with van der Waals surface area (Å²) in [4.78, 5) is 12.8. The van der Waals surface area contributed by atoms with Crippen molar-refractivity contribution in [3.8, 4) is 0 Å². The second kappa shape index (κ2) is 8.77. The van der Waals surface area contributed by atoms with Crippen molar-refractivity contribution in [2.45, 2.75) is 17.4 Å². The van der Waals surface area contributed by atoms with Crippen LogP contribution in [-0.2, 0) is 21.2 Å². The van der Waals surface area contributed by atoms with Crippen molar-refractivity contribution in [3.05, 3.63) is 96.3 Å². The van der Waals surface area contributed by atoms with Crippen molar-refractivity contribution >= 4 is 21.6 Å². The van der Waals surface area contributed by atoms with Gasteiger partial charge in [-0.15, -0.1) is 0 Å². The molecule has 0 aliphatic heterocycles. The molecule has 0 radical (unpaired) electrons. The van der Waals surface area contributed by atoms with E-state index in [1.807, 2.05) is 6.07 Å². The topological polar surface area (TPSA) is 75.3 Å². The lowest BCUT2D eigenvalue weighted by molar-refractivity contribution is -0.117. The number of hydrogen-bond acceptors (Lipinski definition) is 3. The zero-order valence-electron chi connectivity index (χ0n) is 14.9. The fourth-order valence-electron chi connectivity index (χ4n) is 2.68. The summed E-state index contributed by atoms with van der Waals surface area (Å²) >= 11 is 0. The number of nitrogens with one attached hydrogen (secondary N) is 2. The largest absolute Gasteiger partial charge is 0.322 e. The van der Waals surface area contributed by atoms with Crippen LogP contribution >= 0.6 is 0 Å². The summed E-state index contributed by atoms with van der Waals surface area (Å²) in [6, 6.07) is 21.4. The third kappa shape index (κ3) is 5.03. The van der Waals surface area contributed by atoms with Crippen LogP contribution in [0.15, 0.2) is 89.8 Å². The summed E-state index contributed by atoms with van der Waals surface area (Å²) in [5.74, 6) is -1.24. The van der Waals surface area contributed by atoms with Gasteiger partial charge in [0.25, 0.3) is 0 Å². The fraction of sp³-hybridized carbons (Fsp3) is 0.0952. The minimum absolute atomic E-state index is 0.00975. The van der Waals surface area contributed by atoms with E-state index in [1.54, 1.807) is 48.5 Å². The summed E-state index contributed by atoms with van der Waals surface area (Å²) in [6.07, 6.45) is 0.118. The van der Waals surface area contributed by atoms with Gasteiger partial charge >= 0.3 is 0 Å². The number of carbonyl (C=O) groups is 1. The molecule has 2 N–H and O–H groups in total. The molecule has 0 fully saturated rings. The average molecular weight is 398 g/mol. The highest BCUT2D eigenvalue weighted by Gasteiger charge is 2.26. The molecular weight excluding hydrogens is 379 g/mol. The summed E-state index contributed by atoms with van der Waals surface area (Å²) in [5.41, 5.74) is 0.761. The molecular formula is C21H19FN2O3S. The van der Waals surface area contributed by atoms with Crippen molar-refractivity contribution in [1.29, 1.82) is 0 Å². The number of sulfonamides is 1. The van der Waals surface area contributed by atoms with Gasteiger partial charge in [-0.3, -0.25) is 4.79 Å². The van der Waals surface area contributed by atoms with Crippen molar-refractivity contribution in [3.63, 3.8) is 0 Å². The minimum atomic E-state index is -3.93. The summed E-state index contributed by atoms with van der Waals surface area (Å²) in [6.45, 7) is 0. The van der Waals surface area contributed by atoms with Gasteiger partial charge in [0.05, 0.1) is 10.6 Å². The predicted octanol–water partition coefficient (Wildman–Crippen LogP) is 3.35. The quantitative estimate of drug-likeness (QED) is 0.641. The molecule has 0 aliphatic rings. The maximum absolute atomic E-state index is 13.9. The van der Waals surface area contributed by atoms with Gasteiger partial charge in [-0.25, -0.2) is 12.8 Å². The molecule has 7 heteroatoms. The Morgan fingerprint density at radius 3 is 2.07 bits per heavy atom. The normalized spacial score (nSPS) is 12.3. The third-order valence-corrected chi connectivity index (χ3v) is 5.57. The number of carbonyl (C=O) groups excluding carboxylic acids is 1. The number of benzene rings is 3. The minimum Gasteiger partial charge on any atom is -0.322 e. The van der Waals surface area contributed by atoms with Gasteiger partial charge in [-0.1, -0.05) is 60.7 Å². The van der Waals surface area contributed by atoms with Gasteiger partial charge in [-0.05, 0) is 36.2 Å². The predicted molar refractivity (Wildman–Crippen MR) is 106 cm³/mol. The molecule has 0 spiro atoms. The van der Waals surface area contributed by atoms with E-state index in [0.29, 0.717) is 0 Å². The van der Waals surface area contributed by atoms with Crippen LogP contribution < -0.4 is 10.0 Å². The molecule has 28 heavy (non-hydrogen) atoms. The first kappa shape index (κ1) is 19.7. The zero-order chi connectivity index (χ0) is 20.0. The smallest absolute Gasteiger partial charge is 0.242 e. The van der Waals surface area contributed by atoms with Crippen LogP contribution in [0, 0.1) is 5.82 Å². The van der Waals surface area contributed by atoms with Crippen LogP contribution in [0.1, 0.15) is 5.56 Å². The Kier molecular flexibility index (Phi) is 6.18. The molecule has 3 aromatic carbocycles. The maximum atomic E-state index is 13.9. The molecule has 0 unspecified atom stereocenters. The number of amides is 1. The Balaban J connectivity index is 1.86. The van der Waals surface area contributed by atoms with Crippen molar-refractivity contribution in [2.24, 2.45) is 0 Å². The van der Waals surface area contributed by atoms with Crippen molar-refractivity contribution in [2.75, 3.05) is 5.32 Å². The maximum Gasteiger partial charge on any atom is 0.242 e. The molecule has 0 saturated heterocycles.